The highest BCUT2D eigenvalue weighted by Crippen LogP contribution is 2.67. The molecule has 1 aliphatic heterocycles. The van der Waals surface area contributed by atoms with E-state index in [4.69, 9.17) is 0 Å². The standard InChI is InChI=1S/C26H32F2N4O3S/c1-17-6-7-22(20(15-17)23-18(2)29-12-13-30-23)36(34,35)32-14-4-5-21(32)24(33)31(3)19-8-10-25(11-9-19)16-26(25,27)28/h6-7,12-13,15,19,21H,4-5,8-11,14,16H2,1-3H3/t19?,21-,25?/m0/s1. The topological polar surface area (TPSA) is 83.5 Å². The molecule has 1 spiro atoms. The first-order valence-electron chi connectivity index (χ1n) is 12.5. The monoisotopic (exact) mass is 518 g/mol. The van der Waals surface area contributed by atoms with Gasteiger partial charge in [-0.2, -0.15) is 4.31 Å². The molecule has 7 nitrogen and oxygen atoms in total. The Morgan fingerprint density at radius 2 is 1.78 bits per heavy atom. The van der Waals surface area contributed by atoms with Gasteiger partial charge in [0.1, 0.15) is 6.04 Å². The lowest BCUT2D eigenvalue weighted by Crippen LogP contribution is -2.50. The van der Waals surface area contributed by atoms with E-state index in [1.807, 2.05) is 6.92 Å². The summed E-state index contributed by atoms with van der Waals surface area (Å²) in [5, 5.41) is 0. The van der Waals surface area contributed by atoms with Crippen molar-refractivity contribution in [2.45, 2.75) is 81.7 Å². The first-order valence-corrected chi connectivity index (χ1v) is 14.0. The summed E-state index contributed by atoms with van der Waals surface area (Å²) in [6.07, 6.45) is 5.89. The lowest BCUT2D eigenvalue weighted by Gasteiger charge is -2.37. The number of sulfonamides is 1. The fourth-order valence-corrected chi connectivity index (χ4v) is 7.83. The normalized spacial score (nSPS) is 27.8. The molecule has 194 valence electrons. The molecule has 3 fully saturated rings. The molecule has 2 saturated carbocycles. The molecule has 1 atom stereocenters. The Kier molecular flexibility index (Phi) is 6.18. The third-order valence-corrected chi connectivity index (χ3v) is 10.3. The van der Waals surface area contributed by atoms with Crippen LogP contribution in [-0.4, -0.2) is 65.1 Å². The number of aryl methyl sites for hydroxylation is 2. The lowest BCUT2D eigenvalue weighted by atomic mass is 9.82. The fourth-order valence-electron chi connectivity index (χ4n) is 6.01. The minimum atomic E-state index is -4.01. The second kappa shape index (κ2) is 8.83. The van der Waals surface area contributed by atoms with Crippen LogP contribution in [0.4, 0.5) is 8.78 Å². The van der Waals surface area contributed by atoms with Crippen LogP contribution in [0.3, 0.4) is 0 Å². The summed E-state index contributed by atoms with van der Waals surface area (Å²) in [4.78, 5) is 23.9. The zero-order valence-corrected chi connectivity index (χ0v) is 21.7. The lowest BCUT2D eigenvalue weighted by molar-refractivity contribution is -0.136. The Morgan fingerprint density at radius 3 is 2.42 bits per heavy atom. The number of carbonyl (C=O) groups is 1. The molecule has 5 rings (SSSR count). The van der Waals surface area contributed by atoms with E-state index in [0.29, 0.717) is 55.5 Å². The molecule has 2 aliphatic carbocycles. The van der Waals surface area contributed by atoms with Crippen molar-refractivity contribution in [2.75, 3.05) is 13.6 Å². The van der Waals surface area contributed by atoms with Gasteiger partial charge >= 0.3 is 0 Å². The van der Waals surface area contributed by atoms with Gasteiger partial charge in [-0.05, 0) is 64.5 Å². The second-order valence-corrected chi connectivity index (χ2v) is 12.5. The minimum absolute atomic E-state index is 0.0524. The van der Waals surface area contributed by atoms with Gasteiger partial charge in [0.2, 0.25) is 15.9 Å². The molecule has 0 N–H and O–H groups in total. The van der Waals surface area contributed by atoms with E-state index in [2.05, 4.69) is 9.97 Å². The molecule has 0 radical (unpaired) electrons. The third kappa shape index (κ3) is 4.12. The number of aromatic nitrogens is 2. The van der Waals surface area contributed by atoms with E-state index < -0.39 is 27.4 Å². The summed E-state index contributed by atoms with van der Waals surface area (Å²) < 4.78 is 56.8. The van der Waals surface area contributed by atoms with Gasteiger partial charge in [0.05, 0.1) is 16.3 Å². The number of rotatable bonds is 5. The molecular formula is C26H32F2N4O3S. The molecule has 1 aromatic heterocycles. The van der Waals surface area contributed by atoms with Gasteiger partial charge in [-0.1, -0.05) is 11.6 Å². The zero-order valence-electron chi connectivity index (χ0n) is 20.9. The van der Waals surface area contributed by atoms with Crippen molar-refractivity contribution in [3.8, 4) is 11.3 Å². The number of likely N-dealkylation sites (N-methyl/N-ethyl adjacent to an activating group) is 1. The Labute approximate surface area is 211 Å². The number of amides is 1. The Hall–Kier alpha value is -2.46. The van der Waals surface area contributed by atoms with E-state index in [9.17, 15) is 22.0 Å². The molecule has 36 heavy (non-hydrogen) atoms. The van der Waals surface area contributed by atoms with Crippen molar-refractivity contribution in [1.82, 2.24) is 19.2 Å². The summed E-state index contributed by atoms with van der Waals surface area (Å²) in [5.41, 5.74) is 1.59. The quantitative estimate of drug-likeness (QED) is 0.588. The SMILES string of the molecule is Cc1ccc(S(=O)(=O)N2CCC[C@H]2C(=O)N(C)C2CCC3(CC2)CC3(F)F)c(-c2nccnc2C)c1. The van der Waals surface area contributed by atoms with E-state index >= 15 is 0 Å². The molecule has 1 aromatic carbocycles. The minimum Gasteiger partial charge on any atom is -0.341 e. The predicted octanol–water partition coefficient (Wildman–Crippen LogP) is 4.34. The molecule has 0 bridgehead atoms. The van der Waals surface area contributed by atoms with Crippen LogP contribution in [0.25, 0.3) is 11.3 Å². The van der Waals surface area contributed by atoms with Crippen molar-refractivity contribution >= 4 is 15.9 Å². The average Bonchev–Trinajstić information content (AvgIpc) is 3.16. The van der Waals surface area contributed by atoms with Crippen molar-refractivity contribution in [2.24, 2.45) is 5.41 Å². The maximum Gasteiger partial charge on any atom is 0.254 e. The van der Waals surface area contributed by atoms with Crippen LogP contribution in [0.15, 0.2) is 35.5 Å². The first kappa shape index (κ1) is 25.2. The van der Waals surface area contributed by atoms with Crippen LogP contribution >= 0.6 is 0 Å². The molecule has 2 aromatic rings. The zero-order chi connectivity index (χ0) is 25.9. The van der Waals surface area contributed by atoms with E-state index in [1.165, 1.54) is 10.5 Å². The summed E-state index contributed by atoms with van der Waals surface area (Å²) in [6.45, 7) is 3.91. The maximum atomic E-state index is 14.0. The summed E-state index contributed by atoms with van der Waals surface area (Å²) in [7, 11) is -2.33. The van der Waals surface area contributed by atoms with Gasteiger partial charge in [0, 0.05) is 49.4 Å². The van der Waals surface area contributed by atoms with Crippen LogP contribution < -0.4 is 0 Å². The van der Waals surface area contributed by atoms with Crippen LogP contribution in [0, 0.1) is 19.3 Å². The summed E-state index contributed by atoms with van der Waals surface area (Å²) in [6, 6.07) is 4.15. The number of hydrogen-bond donors (Lipinski definition) is 0. The highest BCUT2D eigenvalue weighted by Gasteiger charge is 2.70. The van der Waals surface area contributed by atoms with Gasteiger partial charge in [0.25, 0.3) is 5.92 Å². The number of carbonyl (C=O) groups excluding carboxylic acids is 1. The number of nitrogens with zero attached hydrogens (tertiary/aromatic N) is 4. The smallest absolute Gasteiger partial charge is 0.254 e. The molecule has 1 saturated heterocycles. The average molecular weight is 519 g/mol. The van der Waals surface area contributed by atoms with Gasteiger partial charge in [-0.3, -0.25) is 14.8 Å². The van der Waals surface area contributed by atoms with Crippen LogP contribution in [0.2, 0.25) is 0 Å². The van der Waals surface area contributed by atoms with Gasteiger partial charge in [-0.25, -0.2) is 17.2 Å². The van der Waals surface area contributed by atoms with Gasteiger partial charge in [-0.15, -0.1) is 0 Å². The van der Waals surface area contributed by atoms with Gasteiger partial charge in [0.15, 0.2) is 0 Å². The Bertz CT molecular complexity index is 1290. The number of hydrogen-bond acceptors (Lipinski definition) is 5. The molecule has 3 aliphatic rings. The first-order chi connectivity index (χ1) is 17.0. The number of halogens is 2. The molecule has 0 unspecified atom stereocenters. The number of benzene rings is 1. The molecule has 1 amide bonds. The van der Waals surface area contributed by atoms with Crippen LogP contribution in [0.1, 0.15) is 56.2 Å². The van der Waals surface area contributed by atoms with Crippen LogP contribution in [-0.2, 0) is 14.8 Å². The van der Waals surface area contributed by atoms with Crippen molar-refractivity contribution < 1.29 is 22.0 Å². The summed E-state index contributed by atoms with van der Waals surface area (Å²) >= 11 is 0. The molecule has 10 heteroatoms. The van der Waals surface area contributed by atoms with Crippen molar-refractivity contribution in [3.63, 3.8) is 0 Å². The van der Waals surface area contributed by atoms with Gasteiger partial charge < -0.3 is 4.90 Å². The van der Waals surface area contributed by atoms with Crippen LogP contribution in [0.5, 0.6) is 0 Å². The largest absolute Gasteiger partial charge is 0.341 e. The number of alkyl halides is 2. The molecular weight excluding hydrogens is 486 g/mol. The van der Waals surface area contributed by atoms with E-state index in [0.717, 1.165) is 5.56 Å². The fraction of sp³-hybridized carbons (Fsp3) is 0.577. The Morgan fingerprint density at radius 1 is 1.11 bits per heavy atom. The third-order valence-electron chi connectivity index (χ3n) is 8.37. The second-order valence-electron chi connectivity index (χ2n) is 10.6. The maximum absolute atomic E-state index is 14.0. The van der Waals surface area contributed by atoms with Crippen molar-refractivity contribution in [3.05, 3.63) is 41.9 Å². The van der Waals surface area contributed by atoms with E-state index in [-0.39, 0.29) is 29.8 Å². The highest BCUT2D eigenvalue weighted by atomic mass is 32.2. The summed E-state index contributed by atoms with van der Waals surface area (Å²) in [5.74, 6) is -2.84. The Balaban J connectivity index is 1.39. The molecule has 2 heterocycles. The van der Waals surface area contributed by atoms with E-state index in [1.54, 1.807) is 43.3 Å². The highest BCUT2D eigenvalue weighted by molar-refractivity contribution is 7.89. The predicted molar refractivity (Wildman–Crippen MR) is 131 cm³/mol. The van der Waals surface area contributed by atoms with Crippen molar-refractivity contribution in [1.29, 1.82) is 0 Å².